The van der Waals surface area contributed by atoms with Crippen molar-refractivity contribution in [3.63, 3.8) is 0 Å². The maximum Gasteiger partial charge on any atom is 0.129 e. The van der Waals surface area contributed by atoms with E-state index in [0.717, 1.165) is 12.5 Å². The summed E-state index contributed by atoms with van der Waals surface area (Å²) in [6.07, 6.45) is 2.63. The van der Waals surface area contributed by atoms with Crippen LogP contribution in [0.5, 0.6) is 0 Å². The fourth-order valence-electron chi connectivity index (χ4n) is 1.82. The third kappa shape index (κ3) is 2.69. The van der Waals surface area contributed by atoms with Crippen molar-refractivity contribution in [3.8, 4) is 0 Å². The predicted molar refractivity (Wildman–Crippen MR) is 59.9 cm³/mol. The van der Waals surface area contributed by atoms with Gasteiger partial charge in [-0.15, -0.1) is 0 Å². The lowest BCUT2D eigenvalue weighted by atomic mass is 10.1. The van der Waals surface area contributed by atoms with Gasteiger partial charge >= 0.3 is 0 Å². The molecule has 2 rings (SSSR count). The molecule has 0 radical (unpaired) electrons. The van der Waals surface area contributed by atoms with Gasteiger partial charge in [0.15, 0.2) is 0 Å². The quantitative estimate of drug-likeness (QED) is 0.769. The summed E-state index contributed by atoms with van der Waals surface area (Å²) >= 11 is 0. The molecule has 1 aromatic carbocycles. The molecular formula is C12H17FN2. The van der Waals surface area contributed by atoms with Gasteiger partial charge < -0.3 is 10.6 Å². The van der Waals surface area contributed by atoms with Crippen molar-refractivity contribution in [3.05, 3.63) is 29.6 Å². The molecule has 0 aromatic heterocycles. The van der Waals surface area contributed by atoms with E-state index in [1.54, 1.807) is 12.1 Å². The highest BCUT2D eigenvalue weighted by atomic mass is 19.1. The third-order valence-corrected chi connectivity index (χ3v) is 2.85. The van der Waals surface area contributed by atoms with Crippen molar-refractivity contribution in [2.24, 2.45) is 5.92 Å². The lowest BCUT2D eigenvalue weighted by Crippen LogP contribution is -2.21. The second-order valence-corrected chi connectivity index (χ2v) is 4.45. The molecule has 3 heteroatoms. The Morgan fingerprint density at radius 2 is 2.20 bits per heavy atom. The number of nitrogens with zero attached hydrogens (tertiary/aromatic N) is 1. The van der Waals surface area contributed by atoms with E-state index in [1.807, 2.05) is 7.05 Å². The fraction of sp³-hybridized carbons (Fsp3) is 0.500. The first-order chi connectivity index (χ1) is 7.16. The number of halogens is 1. The van der Waals surface area contributed by atoms with Crippen LogP contribution in [-0.4, -0.2) is 18.5 Å². The highest BCUT2D eigenvalue weighted by Gasteiger charge is 2.23. The molecule has 0 spiro atoms. The van der Waals surface area contributed by atoms with E-state index >= 15 is 0 Å². The molecule has 1 fully saturated rings. The van der Waals surface area contributed by atoms with Gasteiger partial charge in [-0.2, -0.15) is 0 Å². The monoisotopic (exact) mass is 208 g/mol. The average molecular weight is 208 g/mol. The topological polar surface area (TPSA) is 29.3 Å². The van der Waals surface area contributed by atoms with Gasteiger partial charge in [-0.05, 0) is 37.9 Å². The maximum absolute atomic E-state index is 13.5. The number of hydrogen-bond donors (Lipinski definition) is 1. The lowest BCUT2D eigenvalue weighted by molar-refractivity contribution is 0.308. The Morgan fingerprint density at radius 3 is 2.80 bits per heavy atom. The van der Waals surface area contributed by atoms with Crippen LogP contribution in [0.15, 0.2) is 18.2 Å². The molecule has 1 aromatic rings. The van der Waals surface area contributed by atoms with E-state index in [9.17, 15) is 4.39 Å². The molecule has 1 aliphatic carbocycles. The zero-order chi connectivity index (χ0) is 10.8. The normalized spacial score (nSPS) is 15.9. The van der Waals surface area contributed by atoms with E-state index in [2.05, 4.69) is 4.90 Å². The van der Waals surface area contributed by atoms with Gasteiger partial charge in [0.2, 0.25) is 0 Å². The minimum atomic E-state index is -0.197. The molecule has 0 bridgehead atoms. The number of nitrogens with two attached hydrogens (primary N) is 1. The Hall–Kier alpha value is -1.09. The SMILES string of the molecule is CN(Cc1c(N)cccc1F)CC1CC1. The highest BCUT2D eigenvalue weighted by molar-refractivity contribution is 5.47. The van der Waals surface area contributed by atoms with Crippen LogP contribution in [-0.2, 0) is 6.54 Å². The largest absolute Gasteiger partial charge is 0.398 e. The van der Waals surface area contributed by atoms with Crippen molar-refractivity contribution >= 4 is 5.69 Å². The van der Waals surface area contributed by atoms with Crippen LogP contribution in [0.2, 0.25) is 0 Å². The van der Waals surface area contributed by atoms with Crippen molar-refractivity contribution in [1.29, 1.82) is 0 Å². The van der Waals surface area contributed by atoms with Crippen LogP contribution >= 0.6 is 0 Å². The van der Waals surface area contributed by atoms with Crippen molar-refractivity contribution < 1.29 is 4.39 Å². The molecule has 0 heterocycles. The van der Waals surface area contributed by atoms with E-state index in [1.165, 1.54) is 18.9 Å². The Kier molecular flexibility index (Phi) is 2.91. The van der Waals surface area contributed by atoms with Gasteiger partial charge in [0.1, 0.15) is 5.82 Å². The molecule has 0 aliphatic heterocycles. The van der Waals surface area contributed by atoms with Crippen molar-refractivity contribution in [2.45, 2.75) is 19.4 Å². The summed E-state index contributed by atoms with van der Waals surface area (Å²) in [5.74, 6) is 0.626. The van der Waals surface area contributed by atoms with Gasteiger partial charge in [-0.3, -0.25) is 0 Å². The number of anilines is 1. The fourth-order valence-corrected chi connectivity index (χ4v) is 1.82. The van der Waals surface area contributed by atoms with E-state index in [0.29, 0.717) is 17.8 Å². The molecule has 1 saturated carbocycles. The number of rotatable bonds is 4. The molecule has 15 heavy (non-hydrogen) atoms. The first-order valence-corrected chi connectivity index (χ1v) is 5.38. The maximum atomic E-state index is 13.5. The summed E-state index contributed by atoms with van der Waals surface area (Å²) in [6.45, 7) is 1.66. The first kappa shape index (κ1) is 10.4. The summed E-state index contributed by atoms with van der Waals surface area (Å²) in [7, 11) is 2.02. The van der Waals surface area contributed by atoms with Gasteiger partial charge in [-0.25, -0.2) is 4.39 Å². The first-order valence-electron chi connectivity index (χ1n) is 5.38. The summed E-state index contributed by atoms with van der Waals surface area (Å²) in [5.41, 5.74) is 6.93. The second kappa shape index (κ2) is 4.19. The second-order valence-electron chi connectivity index (χ2n) is 4.45. The standard InChI is InChI=1S/C12H17FN2/c1-15(7-9-5-6-9)8-10-11(13)3-2-4-12(10)14/h2-4,9H,5-8,14H2,1H3. The van der Waals surface area contributed by atoms with E-state index in [-0.39, 0.29) is 5.82 Å². The Balaban J connectivity index is 2.01. The summed E-state index contributed by atoms with van der Waals surface area (Å²) in [5, 5.41) is 0. The Bertz CT molecular complexity index is 327. The minimum Gasteiger partial charge on any atom is -0.398 e. The van der Waals surface area contributed by atoms with Gasteiger partial charge in [0, 0.05) is 24.3 Å². The van der Waals surface area contributed by atoms with E-state index < -0.39 is 0 Å². The molecule has 82 valence electrons. The molecule has 0 saturated heterocycles. The molecule has 0 amide bonds. The Labute approximate surface area is 89.9 Å². The van der Waals surface area contributed by atoms with Gasteiger partial charge in [0.25, 0.3) is 0 Å². The van der Waals surface area contributed by atoms with Crippen LogP contribution in [0.3, 0.4) is 0 Å². The highest BCUT2D eigenvalue weighted by Crippen LogP contribution is 2.30. The number of benzene rings is 1. The van der Waals surface area contributed by atoms with Gasteiger partial charge in [-0.1, -0.05) is 6.07 Å². The number of nitrogen functional groups attached to an aromatic ring is 1. The zero-order valence-electron chi connectivity index (χ0n) is 9.04. The summed E-state index contributed by atoms with van der Waals surface area (Å²) in [6, 6.07) is 4.87. The summed E-state index contributed by atoms with van der Waals surface area (Å²) in [4.78, 5) is 2.15. The molecular weight excluding hydrogens is 191 g/mol. The minimum absolute atomic E-state index is 0.197. The van der Waals surface area contributed by atoms with Gasteiger partial charge in [0.05, 0.1) is 0 Å². The zero-order valence-corrected chi connectivity index (χ0v) is 9.04. The third-order valence-electron chi connectivity index (χ3n) is 2.85. The average Bonchev–Trinajstić information content (AvgIpc) is 2.95. The molecule has 2 N–H and O–H groups in total. The lowest BCUT2D eigenvalue weighted by Gasteiger charge is -2.17. The van der Waals surface area contributed by atoms with E-state index in [4.69, 9.17) is 5.73 Å². The summed E-state index contributed by atoms with van der Waals surface area (Å²) < 4.78 is 13.5. The predicted octanol–water partition coefficient (Wildman–Crippen LogP) is 2.25. The number of hydrogen-bond acceptors (Lipinski definition) is 2. The van der Waals surface area contributed by atoms with Crippen LogP contribution in [0, 0.1) is 11.7 Å². The molecule has 2 nitrogen and oxygen atoms in total. The van der Waals surface area contributed by atoms with Crippen LogP contribution in [0.25, 0.3) is 0 Å². The Morgan fingerprint density at radius 1 is 1.47 bits per heavy atom. The molecule has 0 atom stereocenters. The molecule has 0 unspecified atom stereocenters. The van der Waals surface area contributed by atoms with Crippen LogP contribution in [0.1, 0.15) is 18.4 Å². The van der Waals surface area contributed by atoms with Crippen molar-refractivity contribution in [2.75, 3.05) is 19.3 Å². The van der Waals surface area contributed by atoms with Crippen molar-refractivity contribution in [1.82, 2.24) is 4.90 Å². The molecule has 1 aliphatic rings. The smallest absolute Gasteiger partial charge is 0.129 e. The van der Waals surface area contributed by atoms with Crippen LogP contribution < -0.4 is 5.73 Å². The van der Waals surface area contributed by atoms with Crippen LogP contribution in [0.4, 0.5) is 10.1 Å².